The molecular weight excluding hydrogens is 411 g/mol. The molecule has 1 saturated heterocycles. The maximum absolute atomic E-state index is 12.4. The lowest BCUT2D eigenvalue weighted by Gasteiger charge is -2.39. The minimum absolute atomic E-state index is 0. The van der Waals surface area contributed by atoms with E-state index >= 15 is 0 Å². The van der Waals surface area contributed by atoms with Gasteiger partial charge in [0.15, 0.2) is 5.96 Å². The molecule has 0 saturated carbocycles. The summed E-state index contributed by atoms with van der Waals surface area (Å²) < 4.78 is 24.8. The molecule has 2 rings (SSSR count). The Bertz CT molecular complexity index is 482. The summed E-state index contributed by atoms with van der Waals surface area (Å²) in [5.74, 6) is 1.60. The Kier molecular flexibility index (Phi) is 8.79. The lowest BCUT2D eigenvalue weighted by molar-refractivity contribution is 0.157. The van der Waals surface area contributed by atoms with Crippen LogP contribution in [0.15, 0.2) is 35.3 Å². The van der Waals surface area contributed by atoms with Crippen molar-refractivity contribution >= 4 is 29.9 Å². The summed E-state index contributed by atoms with van der Waals surface area (Å²) in [5.41, 5.74) is 1.36. The van der Waals surface area contributed by atoms with Crippen molar-refractivity contribution in [1.29, 1.82) is 0 Å². The smallest absolute Gasteiger partial charge is 0.257 e. The van der Waals surface area contributed by atoms with Crippen molar-refractivity contribution in [2.24, 2.45) is 10.9 Å². The zero-order valence-corrected chi connectivity index (χ0v) is 16.0. The third-order valence-corrected chi connectivity index (χ3v) is 4.15. The van der Waals surface area contributed by atoms with E-state index in [1.165, 1.54) is 5.56 Å². The van der Waals surface area contributed by atoms with E-state index in [2.05, 4.69) is 46.4 Å². The minimum atomic E-state index is -2.40. The van der Waals surface area contributed by atoms with Crippen molar-refractivity contribution < 1.29 is 8.78 Å². The van der Waals surface area contributed by atoms with Crippen LogP contribution in [0.3, 0.4) is 0 Å². The lowest BCUT2D eigenvalue weighted by Crippen LogP contribution is -2.48. The van der Waals surface area contributed by atoms with Crippen molar-refractivity contribution in [3.05, 3.63) is 35.9 Å². The normalized spacial score (nSPS) is 22.0. The Balaban J connectivity index is 0.00000264. The first kappa shape index (κ1) is 20.1. The molecule has 1 aromatic rings. The van der Waals surface area contributed by atoms with E-state index in [1.807, 2.05) is 13.0 Å². The summed E-state index contributed by atoms with van der Waals surface area (Å²) in [6, 6.07) is 10.5. The van der Waals surface area contributed by atoms with Gasteiger partial charge in [0.1, 0.15) is 6.54 Å². The number of hydrogen-bond acceptors (Lipinski definition) is 1. The van der Waals surface area contributed by atoms with E-state index in [-0.39, 0.29) is 24.0 Å². The van der Waals surface area contributed by atoms with Gasteiger partial charge in [-0.1, -0.05) is 37.3 Å². The molecule has 0 aromatic heterocycles. The summed E-state index contributed by atoms with van der Waals surface area (Å²) in [6.07, 6.45) is -1.38. The maximum Gasteiger partial charge on any atom is 0.257 e. The van der Waals surface area contributed by atoms with Gasteiger partial charge in [0, 0.05) is 19.6 Å². The van der Waals surface area contributed by atoms with Crippen molar-refractivity contribution in [2.45, 2.75) is 32.6 Å². The van der Waals surface area contributed by atoms with Gasteiger partial charge in [0.05, 0.1) is 0 Å². The molecule has 1 aliphatic heterocycles. The Morgan fingerprint density at radius 2 is 2.04 bits per heavy atom. The zero-order valence-electron chi connectivity index (χ0n) is 13.7. The Morgan fingerprint density at radius 3 is 2.61 bits per heavy atom. The average molecular weight is 437 g/mol. The fourth-order valence-electron chi connectivity index (χ4n) is 3.11. The van der Waals surface area contributed by atoms with Crippen LogP contribution in [0.5, 0.6) is 0 Å². The first-order valence-corrected chi connectivity index (χ1v) is 7.98. The zero-order chi connectivity index (χ0) is 15.9. The van der Waals surface area contributed by atoms with Crippen LogP contribution in [0, 0.1) is 5.92 Å². The van der Waals surface area contributed by atoms with E-state index in [4.69, 9.17) is 0 Å². The maximum atomic E-state index is 12.4. The number of alkyl halides is 2. The number of piperidine rings is 1. The fourth-order valence-corrected chi connectivity index (χ4v) is 3.11. The van der Waals surface area contributed by atoms with Crippen LogP contribution in [0.1, 0.15) is 31.7 Å². The number of nitrogens with one attached hydrogen (secondary N) is 1. The highest BCUT2D eigenvalue weighted by Crippen LogP contribution is 2.32. The molecule has 6 heteroatoms. The molecule has 1 heterocycles. The van der Waals surface area contributed by atoms with Crippen LogP contribution in [0.4, 0.5) is 8.78 Å². The van der Waals surface area contributed by atoms with Crippen LogP contribution in [-0.4, -0.2) is 43.5 Å². The van der Waals surface area contributed by atoms with Crippen LogP contribution in [0.25, 0.3) is 0 Å². The third-order valence-electron chi connectivity index (χ3n) is 4.15. The highest BCUT2D eigenvalue weighted by molar-refractivity contribution is 14.0. The van der Waals surface area contributed by atoms with Gasteiger partial charge in [-0.05, 0) is 30.7 Å². The second-order valence-electron chi connectivity index (χ2n) is 5.81. The molecule has 0 amide bonds. The van der Waals surface area contributed by atoms with Crippen LogP contribution in [-0.2, 0) is 0 Å². The van der Waals surface area contributed by atoms with Gasteiger partial charge in [-0.3, -0.25) is 0 Å². The highest BCUT2D eigenvalue weighted by Gasteiger charge is 2.28. The van der Waals surface area contributed by atoms with Crippen molar-refractivity contribution in [2.75, 3.05) is 26.2 Å². The standard InChI is InChI=1S/C17H25F2N3.HI/c1-3-20-17(21-11-16(18)19)22-10-9-15(13(2)12-22)14-7-5-4-6-8-14;/h4-8,13,15-16H,3,9-12H2,1-2H3,(H,20,21);1H. The third kappa shape index (κ3) is 5.90. The molecule has 2 atom stereocenters. The van der Waals surface area contributed by atoms with Crippen LogP contribution < -0.4 is 5.32 Å². The molecule has 0 bridgehead atoms. The highest BCUT2D eigenvalue weighted by atomic mass is 127. The molecule has 130 valence electrons. The Morgan fingerprint density at radius 1 is 1.35 bits per heavy atom. The molecule has 1 aromatic carbocycles. The molecule has 3 nitrogen and oxygen atoms in total. The quantitative estimate of drug-likeness (QED) is 0.439. The number of benzene rings is 1. The minimum Gasteiger partial charge on any atom is -0.357 e. The topological polar surface area (TPSA) is 27.6 Å². The van der Waals surface area contributed by atoms with E-state index in [0.717, 1.165) is 19.5 Å². The summed E-state index contributed by atoms with van der Waals surface area (Å²) in [7, 11) is 0. The van der Waals surface area contributed by atoms with Gasteiger partial charge in [-0.2, -0.15) is 0 Å². The summed E-state index contributed by atoms with van der Waals surface area (Å²) >= 11 is 0. The Hall–Kier alpha value is -0.920. The van der Waals surface area contributed by atoms with Crippen LogP contribution in [0.2, 0.25) is 0 Å². The molecule has 1 aliphatic rings. The molecule has 1 N–H and O–H groups in total. The van der Waals surface area contributed by atoms with Gasteiger partial charge in [-0.25, -0.2) is 13.8 Å². The second kappa shape index (κ2) is 10.1. The van der Waals surface area contributed by atoms with Gasteiger partial charge < -0.3 is 10.2 Å². The van der Waals surface area contributed by atoms with E-state index in [0.29, 0.717) is 24.3 Å². The number of guanidine groups is 1. The van der Waals surface area contributed by atoms with Crippen molar-refractivity contribution in [3.8, 4) is 0 Å². The largest absolute Gasteiger partial charge is 0.357 e. The molecule has 0 aliphatic carbocycles. The summed E-state index contributed by atoms with van der Waals surface area (Å²) in [4.78, 5) is 6.16. The van der Waals surface area contributed by atoms with Crippen molar-refractivity contribution in [3.63, 3.8) is 0 Å². The number of aliphatic imine (C=N–C) groups is 1. The molecule has 1 fully saturated rings. The van der Waals surface area contributed by atoms with Gasteiger partial charge in [0.25, 0.3) is 6.43 Å². The molecule has 0 radical (unpaired) electrons. The predicted octanol–water partition coefficient (Wildman–Crippen LogP) is 3.96. The van der Waals surface area contributed by atoms with Gasteiger partial charge in [-0.15, -0.1) is 24.0 Å². The van der Waals surface area contributed by atoms with Crippen LogP contribution >= 0.6 is 24.0 Å². The van der Waals surface area contributed by atoms with E-state index in [9.17, 15) is 8.78 Å². The number of hydrogen-bond donors (Lipinski definition) is 1. The SMILES string of the molecule is CCNC(=NCC(F)F)N1CCC(c2ccccc2)C(C)C1.I. The number of halogens is 3. The number of rotatable bonds is 4. The molecular formula is C17H26F2IN3. The lowest BCUT2D eigenvalue weighted by atomic mass is 9.82. The fraction of sp³-hybridized carbons (Fsp3) is 0.588. The first-order chi connectivity index (χ1) is 10.6. The second-order valence-corrected chi connectivity index (χ2v) is 5.81. The summed E-state index contributed by atoms with van der Waals surface area (Å²) in [6.45, 7) is 6.12. The Labute approximate surface area is 154 Å². The molecule has 0 spiro atoms. The number of nitrogens with zero attached hydrogens (tertiary/aromatic N) is 2. The van der Waals surface area contributed by atoms with E-state index in [1.54, 1.807) is 0 Å². The monoisotopic (exact) mass is 437 g/mol. The van der Waals surface area contributed by atoms with Gasteiger partial charge >= 0.3 is 0 Å². The average Bonchev–Trinajstić information content (AvgIpc) is 2.52. The van der Waals surface area contributed by atoms with Crippen molar-refractivity contribution in [1.82, 2.24) is 10.2 Å². The van der Waals surface area contributed by atoms with E-state index < -0.39 is 13.0 Å². The van der Waals surface area contributed by atoms with Gasteiger partial charge in [0.2, 0.25) is 0 Å². The predicted molar refractivity (Wildman–Crippen MR) is 102 cm³/mol. The summed E-state index contributed by atoms with van der Waals surface area (Å²) in [5, 5.41) is 3.13. The number of likely N-dealkylation sites (tertiary alicyclic amines) is 1. The molecule has 2 unspecified atom stereocenters. The first-order valence-electron chi connectivity index (χ1n) is 7.98. The molecule has 23 heavy (non-hydrogen) atoms.